The molecule has 0 aromatic heterocycles. The Morgan fingerprint density at radius 2 is 1.77 bits per heavy atom. The van der Waals surface area contributed by atoms with Crippen LogP contribution in [0.2, 0.25) is 0 Å². The summed E-state index contributed by atoms with van der Waals surface area (Å²) in [5.41, 5.74) is 1.99. The molecule has 0 bridgehead atoms. The van der Waals surface area contributed by atoms with Crippen LogP contribution in [0.5, 0.6) is 0 Å². The van der Waals surface area contributed by atoms with Gasteiger partial charge < -0.3 is 4.74 Å². The van der Waals surface area contributed by atoms with E-state index in [0.29, 0.717) is 31.1 Å². The molecule has 26 heavy (non-hydrogen) atoms. The summed E-state index contributed by atoms with van der Waals surface area (Å²) in [6, 6.07) is 5.14. The van der Waals surface area contributed by atoms with Crippen molar-refractivity contribution in [1.82, 2.24) is 14.1 Å². The number of benzene rings is 1. The first-order chi connectivity index (χ1) is 12.3. The third kappa shape index (κ3) is 3.74. The van der Waals surface area contributed by atoms with E-state index < -0.39 is 16.1 Å². The first-order valence-electron chi connectivity index (χ1n) is 8.56. The first-order valence-corrected chi connectivity index (χ1v) is 10.00. The monoisotopic (exact) mass is 381 g/mol. The number of carbonyl (C=O) groups excluding carboxylic acids is 2. The SMILES string of the molecule is Cc1ccc(S(=O)(=O)N2CCN(CC(=O)N3CCOC3=O)CC2)cc1C. The zero-order chi connectivity index (χ0) is 18.9. The van der Waals surface area contributed by atoms with Crippen LogP contribution in [0.4, 0.5) is 4.79 Å². The number of rotatable bonds is 4. The summed E-state index contributed by atoms with van der Waals surface area (Å²) in [6.07, 6.45) is -0.606. The third-order valence-corrected chi connectivity index (χ3v) is 6.76. The molecular weight excluding hydrogens is 358 g/mol. The Morgan fingerprint density at radius 1 is 1.08 bits per heavy atom. The van der Waals surface area contributed by atoms with Crippen LogP contribution < -0.4 is 0 Å². The van der Waals surface area contributed by atoms with Crippen LogP contribution >= 0.6 is 0 Å². The van der Waals surface area contributed by atoms with E-state index in [1.165, 1.54) is 4.31 Å². The molecule has 0 saturated carbocycles. The molecule has 2 fully saturated rings. The van der Waals surface area contributed by atoms with Gasteiger partial charge in [0.1, 0.15) is 6.61 Å². The fourth-order valence-electron chi connectivity index (χ4n) is 3.05. The molecule has 2 heterocycles. The Hall–Kier alpha value is -1.97. The van der Waals surface area contributed by atoms with E-state index in [0.717, 1.165) is 16.0 Å². The predicted octanol–water partition coefficient (Wildman–Crippen LogP) is 0.589. The van der Waals surface area contributed by atoms with Gasteiger partial charge in [0.05, 0.1) is 18.0 Å². The highest BCUT2D eigenvalue weighted by Crippen LogP contribution is 2.20. The van der Waals surface area contributed by atoms with Crippen LogP contribution in [-0.2, 0) is 19.6 Å². The van der Waals surface area contributed by atoms with Crippen molar-refractivity contribution < 1.29 is 22.7 Å². The maximum Gasteiger partial charge on any atom is 0.416 e. The quantitative estimate of drug-likeness (QED) is 0.759. The fourth-order valence-corrected chi connectivity index (χ4v) is 4.56. The molecular formula is C17H23N3O5S. The van der Waals surface area contributed by atoms with Gasteiger partial charge in [0.2, 0.25) is 15.9 Å². The van der Waals surface area contributed by atoms with Gasteiger partial charge in [-0.25, -0.2) is 18.1 Å². The summed E-state index contributed by atoms with van der Waals surface area (Å²) < 4.78 is 31.8. The standard InChI is InChI=1S/C17H23N3O5S/c1-13-3-4-15(11-14(13)2)26(23,24)19-7-5-18(6-8-19)12-16(21)20-9-10-25-17(20)22/h3-4,11H,5-10,12H2,1-2H3. The molecule has 0 unspecified atom stereocenters. The van der Waals surface area contributed by atoms with Crippen LogP contribution in [0, 0.1) is 13.8 Å². The van der Waals surface area contributed by atoms with Gasteiger partial charge in [0.15, 0.2) is 0 Å². The molecule has 0 aliphatic carbocycles. The van der Waals surface area contributed by atoms with Crippen molar-refractivity contribution in [3.8, 4) is 0 Å². The van der Waals surface area contributed by atoms with Gasteiger partial charge in [0.25, 0.3) is 0 Å². The molecule has 2 aliphatic heterocycles. The third-order valence-electron chi connectivity index (χ3n) is 4.87. The lowest BCUT2D eigenvalue weighted by atomic mass is 10.1. The molecule has 8 nitrogen and oxygen atoms in total. The number of carbonyl (C=O) groups is 2. The normalized spacial score (nSPS) is 19.6. The van der Waals surface area contributed by atoms with Gasteiger partial charge in [-0.05, 0) is 37.1 Å². The Kier molecular flexibility index (Phi) is 5.31. The number of ether oxygens (including phenoxy) is 1. The molecule has 0 radical (unpaired) electrons. The van der Waals surface area contributed by atoms with Crippen molar-refractivity contribution in [2.24, 2.45) is 0 Å². The van der Waals surface area contributed by atoms with Crippen LogP contribution in [0.1, 0.15) is 11.1 Å². The molecule has 142 valence electrons. The summed E-state index contributed by atoms with van der Waals surface area (Å²) >= 11 is 0. The highest BCUT2D eigenvalue weighted by molar-refractivity contribution is 7.89. The van der Waals surface area contributed by atoms with E-state index in [-0.39, 0.29) is 25.6 Å². The topological polar surface area (TPSA) is 87.2 Å². The number of piperazine rings is 1. The Bertz CT molecular complexity index is 816. The fraction of sp³-hybridized carbons (Fsp3) is 0.529. The van der Waals surface area contributed by atoms with Crippen LogP contribution in [0.15, 0.2) is 23.1 Å². The van der Waals surface area contributed by atoms with Crippen molar-refractivity contribution in [2.75, 3.05) is 45.9 Å². The first kappa shape index (κ1) is 18.8. The second kappa shape index (κ2) is 7.34. The minimum absolute atomic E-state index is 0.0899. The van der Waals surface area contributed by atoms with E-state index in [2.05, 4.69) is 0 Å². The lowest BCUT2D eigenvalue weighted by Gasteiger charge is -2.34. The van der Waals surface area contributed by atoms with Gasteiger partial charge in [-0.1, -0.05) is 6.07 Å². The number of hydrogen-bond acceptors (Lipinski definition) is 6. The van der Waals surface area contributed by atoms with Crippen molar-refractivity contribution in [3.63, 3.8) is 0 Å². The summed E-state index contributed by atoms with van der Waals surface area (Å²) in [5.74, 6) is -0.307. The molecule has 1 aromatic rings. The number of aryl methyl sites for hydroxylation is 2. The average molecular weight is 381 g/mol. The second-order valence-corrected chi connectivity index (χ2v) is 8.52. The average Bonchev–Trinajstić information content (AvgIpc) is 3.04. The Balaban J connectivity index is 1.60. The zero-order valence-electron chi connectivity index (χ0n) is 15.0. The summed E-state index contributed by atoms with van der Waals surface area (Å²) in [6.45, 7) is 5.94. The highest BCUT2D eigenvalue weighted by Gasteiger charge is 2.32. The van der Waals surface area contributed by atoms with E-state index >= 15 is 0 Å². The second-order valence-electron chi connectivity index (χ2n) is 6.59. The lowest BCUT2D eigenvalue weighted by molar-refractivity contribution is -0.129. The van der Waals surface area contributed by atoms with Gasteiger partial charge in [-0.3, -0.25) is 9.69 Å². The number of hydrogen-bond donors (Lipinski definition) is 0. The number of sulfonamides is 1. The molecule has 3 rings (SSSR count). The number of amides is 2. The summed E-state index contributed by atoms with van der Waals surface area (Å²) in [7, 11) is -3.54. The lowest BCUT2D eigenvalue weighted by Crippen LogP contribution is -2.51. The largest absolute Gasteiger partial charge is 0.447 e. The minimum atomic E-state index is -3.54. The highest BCUT2D eigenvalue weighted by atomic mass is 32.2. The number of cyclic esters (lactones) is 1. The van der Waals surface area contributed by atoms with Crippen molar-refractivity contribution in [3.05, 3.63) is 29.3 Å². The summed E-state index contributed by atoms with van der Waals surface area (Å²) in [5, 5.41) is 0. The maximum atomic E-state index is 12.8. The van der Waals surface area contributed by atoms with E-state index in [4.69, 9.17) is 4.74 Å². The van der Waals surface area contributed by atoms with Crippen molar-refractivity contribution in [2.45, 2.75) is 18.7 Å². The Labute approximate surface area is 153 Å². The van der Waals surface area contributed by atoms with Crippen LogP contribution in [0.3, 0.4) is 0 Å². The molecule has 2 saturated heterocycles. The smallest absolute Gasteiger partial charge is 0.416 e. The van der Waals surface area contributed by atoms with Gasteiger partial charge in [0, 0.05) is 26.2 Å². The molecule has 1 aromatic carbocycles. The van der Waals surface area contributed by atoms with Gasteiger partial charge in [-0.2, -0.15) is 4.31 Å². The maximum absolute atomic E-state index is 12.8. The molecule has 0 spiro atoms. The molecule has 0 atom stereocenters. The van der Waals surface area contributed by atoms with Crippen molar-refractivity contribution >= 4 is 22.0 Å². The zero-order valence-corrected chi connectivity index (χ0v) is 15.8. The van der Waals surface area contributed by atoms with Crippen LogP contribution in [0.25, 0.3) is 0 Å². The predicted molar refractivity (Wildman–Crippen MR) is 94.2 cm³/mol. The minimum Gasteiger partial charge on any atom is -0.447 e. The molecule has 0 N–H and O–H groups in total. The van der Waals surface area contributed by atoms with Crippen molar-refractivity contribution in [1.29, 1.82) is 0 Å². The van der Waals surface area contributed by atoms with E-state index in [1.54, 1.807) is 12.1 Å². The number of imide groups is 1. The van der Waals surface area contributed by atoms with Gasteiger partial charge in [-0.15, -0.1) is 0 Å². The molecule has 2 aliphatic rings. The molecule has 2 amide bonds. The number of nitrogens with zero attached hydrogens (tertiary/aromatic N) is 3. The van der Waals surface area contributed by atoms with Crippen LogP contribution in [-0.4, -0.2) is 80.4 Å². The summed E-state index contributed by atoms with van der Waals surface area (Å²) in [4.78, 5) is 26.8. The van der Waals surface area contributed by atoms with E-state index in [9.17, 15) is 18.0 Å². The van der Waals surface area contributed by atoms with E-state index in [1.807, 2.05) is 24.8 Å². The van der Waals surface area contributed by atoms with Gasteiger partial charge >= 0.3 is 6.09 Å². The Morgan fingerprint density at radius 3 is 2.35 bits per heavy atom. The molecule has 9 heteroatoms.